The van der Waals surface area contributed by atoms with Gasteiger partial charge in [0.05, 0.1) is 22.9 Å². The summed E-state index contributed by atoms with van der Waals surface area (Å²) in [6.45, 7) is 5.31. The zero-order chi connectivity index (χ0) is 12.6. The van der Waals surface area contributed by atoms with E-state index in [2.05, 4.69) is 15.3 Å². The zero-order valence-electron chi connectivity index (χ0n) is 10.7. The van der Waals surface area contributed by atoms with Gasteiger partial charge in [-0.25, -0.2) is 4.98 Å². The summed E-state index contributed by atoms with van der Waals surface area (Å²) < 4.78 is 5.28. The van der Waals surface area contributed by atoms with Crippen LogP contribution in [-0.2, 0) is 11.3 Å². The van der Waals surface area contributed by atoms with E-state index in [-0.39, 0.29) is 0 Å². The van der Waals surface area contributed by atoms with E-state index in [1.165, 1.54) is 0 Å². The van der Waals surface area contributed by atoms with Crippen LogP contribution in [0.3, 0.4) is 0 Å². The van der Waals surface area contributed by atoms with Crippen LogP contribution in [0, 0.1) is 0 Å². The van der Waals surface area contributed by atoms with E-state index in [1.54, 1.807) is 0 Å². The molecule has 1 N–H and O–H groups in total. The monoisotopic (exact) mass is 245 g/mol. The maximum Gasteiger partial charge on any atom is 0.0890 e. The summed E-state index contributed by atoms with van der Waals surface area (Å²) in [7, 11) is 0. The lowest BCUT2D eigenvalue weighted by molar-refractivity contribution is 0.144. The molecule has 1 heterocycles. The van der Waals surface area contributed by atoms with Crippen molar-refractivity contribution in [2.24, 2.45) is 0 Å². The van der Waals surface area contributed by atoms with Crippen LogP contribution in [0.25, 0.3) is 11.0 Å². The third-order valence-electron chi connectivity index (χ3n) is 2.65. The molecule has 0 spiro atoms. The Morgan fingerprint density at radius 2 is 2.06 bits per heavy atom. The van der Waals surface area contributed by atoms with Crippen molar-refractivity contribution < 1.29 is 4.74 Å². The van der Waals surface area contributed by atoms with E-state index < -0.39 is 0 Å². The molecule has 0 unspecified atom stereocenters. The Hall–Kier alpha value is -1.52. The van der Waals surface area contributed by atoms with Crippen molar-refractivity contribution in [3.63, 3.8) is 0 Å². The van der Waals surface area contributed by atoms with Gasteiger partial charge in [-0.1, -0.05) is 12.1 Å². The Balaban J connectivity index is 1.81. The first-order valence-corrected chi connectivity index (χ1v) is 6.39. The average molecular weight is 245 g/mol. The summed E-state index contributed by atoms with van der Waals surface area (Å²) in [5.74, 6) is 0. The number of para-hydroxylation sites is 2. The first kappa shape index (κ1) is 12.9. The van der Waals surface area contributed by atoms with Gasteiger partial charge < -0.3 is 10.1 Å². The fraction of sp³-hybridized carbons (Fsp3) is 0.429. The van der Waals surface area contributed by atoms with E-state index in [0.717, 1.165) is 49.5 Å². The van der Waals surface area contributed by atoms with Gasteiger partial charge in [0, 0.05) is 19.8 Å². The zero-order valence-corrected chi connectivity index (χ0v) is 10.7. The van der Waals surface area contributed by atoms with Crippen LogP contribution < -0.4 is 5.32 Å². The predicted octanol–water partition coefficient (Wildman–Crippen LogP) is 2.15. The number of nitrogens with zero attached hydrogens (tertiary/aromatic N) is 2. The van der Waals surface area contributed by atoms with Crippen LogP contribution in [0.2, 0.25) is 0 Å². The summed E-state index contributed by atoms with van der Waals surface area (Å²) in [6.07, 6.45) is 2.85. The molecule has 0 atom stereocenters. The van der Waals surface area contributed by atoms with Crippen molar-refractivity contribution in [1.29, 1.82) is 0 Å². The Kier molecular flexibility index (Phi) is 5.05. The fourth-order valence-corrected chi connectivity index (χ4v) is 1.74. The number of fused-ring (bicyclic) bond motifs is 1. The number of aromatic nitrogens is 2. The van der Waals surface area contributed by atoms with Crippen molar-refractivity contribution in [2.75, 3.05) is 19.8 Å². The minimum atomic E-state index is 0.754. The van der Waals surface area contributed by atoms with Crippen LogP contribution in [0.15, 0.2) is 30.5 Å². The molecular weight excluding hydrogens is 226 g/mol. The predicted molar refractivity (Wildman–Crippen MR) is 72.4 cm³/mol. The number of ether oxygens (including phenoxy) is 1. The fourth-order valence-electron chi connectivity index (χ4n) is 1.74. The quantitative estimate of drug-likeness (QED) is 0.759. The number of hydrogen-bond acceptors (Lipinski definition) is 4. The lowest BCUT2D eigenvalue weighted by Crippen LogP contribution is -2.17. The van der Waals surface area contributed by atoms with Crippen LogP contribution in [-0.4, -0.2) is 29.7 Å². The highest BCUT2D eigenvalue weighted by Crippen LogP contribution is 2.08. The van der Waals surface area contributed by atoms with Crippen molar-refractivity contribution in [2.45, 2.75) is 19.9 Å². The Morgan fingerprint density at radius 3 is 2.89 bits per heavy atom. The molecule has 0 aliphatic carbocycles. The molecule has 0 amide bonds. The third kappa shape index (κ3) is 3.75. The molecule has 1 aromatic heterocycles. The minimum Gasteiger partial charge on any atom is -0.382 e. The summed E-state index contributed by atoms with van der Waals surface area (Å²) in [5, 5.41) is 3.34. The molecule has 0 radical (unpaired) electrons. The molecule has 0 aliphatic rings. The van der Waals surface area contributed by atoms with Gasteiger partial charge in [-0.05, 0) is 32.0 Å². The molecule has 96 valence electrons. The second kappa shape index (κ2) is 7.03. The number of hydrogen-bond donors (Lipinski definition) is 1. The topological polar surface area (TPSA) is 47.0 Å². The lowest BCUT2D eigenvalue weighted by atomic mass is 10.3. The average Bonchev–Trinajstić information content (AvgIpc) is 2.42. The van der Waals surface area contributed by atoms with Crippen LogP contribution in [0.1, 0.15) is 19.0 Å². The van der Waals surface area contributed by atoms with Gasteiger partial charge in [0.1, 0.15) is 0 Å². The smallest absolute Gasteiger partial charge is 0.0890 e. The van der Waals surface area contributed by atoms with Gasteiger partial charge in [-0.15, -0.1) is 0 Å². The van der Waals surface area contributed by atoms with Gasteiger partial charge in [0.25, 0.3) is 0 Å². The summed E-state index contributed by atoms with van der Waals surface area (Å²) in [6, 6.07) is 7.92. The molecule has 0 aliphatic heterocycles. The normalized spacial score (nSPS) is 10.9. The minimum absolute atomic E-state index is 0.754. The largest absolute Gasteiger partial charge is 0.382 e. The second-order valence-electron chi connectivity index (χ2n) is 4.08. The summed E-state index contributed by atoms with van der Waals surface area (Å²) in [4.78, 5) is 8.94. The molecule has 2 aromatic rings. The standard InChI is InChI=1S/C14H19N3O/c1-2-18-9-5-8-15-10-12-11-16-13-6-3-4-7-14(13)17-12/h3-4,6-7,11,15H,2,5,8-10H2,1H3. The first-order chi connectivity index (χ1) is 8.90. The summed E-state index contributed by atoms with van der Waals surface area (Å²) in [5.41, 5.74) is 2.87. The Bertz CT molecular complexity index is 487. The highest BCUT2D eigenvalue weighted by Gasteiger charge is 1.98. The second-order valence-corrected chi connectivity index (χ2v) is 4.08. The maximum atomic E-state index is 5.28. The molecule has 0 saturated carbocycles. The van der Waals surface area contributed by atoms with Crippen LogP contribution >= 0.6 is 0 Å². The molecule has 4 nitrogen and oxygen atoms in total. The third-order valence-corrected chi connectivity index (χ3v) is 2.65. The van der Waals surface area contributed by atoms with Gasteiger partial charge in [0.15, 0.2) is 0 Å². The van der Waals surface area contributed by atoms with Gasteiger partial charge >= 0.3 is 0 Å². The molecule has 18 heavy (non-hydrogen) atoms. The highest BCUT2D eigenvalue weighted by molar-refractivity contribution is 5.73. The van der Waals surface area contributed by atoms with Gasteiger partial charge in [-0.2, -0.15) is 0 Å². The molecule has 0 fully saturated rings. The SMILES string of the molecule is CCOCCCNCc1cnc2ccccc2n1. The molecule has 2 rings (SSSR count). The molecule has 4 heteroatoms. The van der Waals surface area contributed by atoms with Gasteiger partial charge in [0.2, 0.25) is 0 Å². The highest BCUT2D eigenvalue weighted by atomic mass is 16.5. The number of nitrogens with one attached hydrogen (secondary N) is 1. The van der Waals surface area contributed by atoms with Crippen LogP contribution in [0.5, 0.6) is 0 Å². The first-order valence-electron chi connectivity index (χ1n) is 6.39. The van der Waals surface area contributed by atoms with E-state index in [0.29, 0.717) is 0 Å². The van der Waals surface area contributed by atoms with E-state index in [4.69, 9.17) is 4.74 Å². The maximum absolute atomic E-state index is 5.28. The van der Waals surface area contributed by atoms with E-state index in [1.807, 2.05) is 37.4 Å². The van der Waals surface area contributed by atoms with Gasteiger partial charge in [-0.3, -0.25) is 4.98 Å². The summed E-state index contributed by atoms with van der Waals surface area (Å²) >= 11 is 0. The van der Waals surface area contributed by atoms with Crippen LogP contribution in [0.4, 0.5) is 0 Å². The lowest BCUT2D eigenvalue weighted by Gasteiger charge is -2.05. The molecule has 0 saturated heterocycles. The van der Waals surface area contributed by atoms with Crippen molar-refractivity contribution in [1.82, 2.24) is 15.3 Å². The molecule has 1 aromatic carbocycles. The number of benzene rings is 1. The van der Waals surface area contributed by atoms with Crippen molar-refractivity contribution in [3.8, 4) is 0 Å². The number of rotatable bonds is 7. The van der Waals surface area contributed by atoms with E-state index >= 15 is 0 Å². The van der Waals surface area contributed by atoms with Crippen molar-refractivity contribution >= 4 is 11.0 Å². The Morgan fingerprint density at radius 1 is 1.22 bits per heavy atom. The van der Waals surface area contributed by atoms with E-state index in [9.17, 15) is 0 Å². The Labute approximate surface area is 107 Å². The molecule has 0 bridgehead atoms. The van der Waals surface area contributed by atoms with Crippen molar-refractivity contribution in [3.05, 3.63) is 36.2 Å². The molecular formula is C14H19N3O.